The van der Waals surface area contributed by atoms with Crippen molar-refractivity contribution >= 4 is 12.0 Å². The van der Waals surface area contributed by atoms with E-state index in [9.17, 15) is 22.7 Å². The maximum atomic E-state index is 13.8. The summed E-state index contributed by atoms with van der Waals surface area (Å²) in [6.45, 7) is 1.88. The Hall–Kier alpha value is -2.06. The molecular formula is C11H14F4N4O. The van der Waals surface area contributed by atoms with E-state index in [4.69, 9.17) is 5.73 Å². The lowest BCUT2D eigenvalue weighted by atomic mass is 10.0. The third kappa shape index (κ3) is 2.75. The summed E-state index contributed by atoms with van der Waals surface area (Å²) >= 11 is 0. The third-order valence-corrected chi connectivity index (χ3v) is 2.62. The molecule has 0 saturated heterocycles. The van der Waals surface area contributed by atoms with Gasteiger partial charge in [-0.3, -0.25) is 0 Å². The molecule has 5 nitrogen and oxygen atoms in total. The average molecular weight is 294 g/mol. The van der Waals surface area contributed by atoms with Crippen molar-refractivity contribution < 1.29 is 22.7 Å². The maximum absolute atomic E-state index is 13.8. The Labute approximate surface area is 112 Å². The molecule has 20 heavy (non-hydrogen) atoms. The molecule has 1 unspecified atom stereocenters. The van der Waals surface area contributed by atoms with Crippen molar-refractivity contribution in [3.63, 3.8) is 0 Å². The molecule has 0 spiro atoms. The summed E-state index contributed by atoms with van der Waals surface area (Å²) in [6, 6.07) is 0. The van der Waals surface area contributed by atoms with Gasteiger partial charge in [-0.25, -0.2) is 14.1 Å². The summed E-state index contributed by atoms with van der Waals surface area (Å²) in [6.07, 6.45) is -2.77. The van der Waals surface area contributed by atoms with Gasteiger partial charge in [-0.2, -0.15) is 18.3 Å². The van der Waals surface area contributed by atoms with E-state index in [2.05, 4.69) is 10.1 Å². The normalized spacial score (nSPS) is 16.6. The molecule has 0 bridgehead atoms. The number of alkyl halides is 4. The lowest BCUT2D eigenvalue weighted by Crippen LogP contribution is -2.35. The molecule has 0 amide bonds. The Bertz CT molecular complexity index is 558. The van der Waals surface area contributed by atoms with Crippen molar-refractivity contribution in [1.82, 2.24) is 9.78 Å². The average Bonchev–Trinajstić information content (AvgIpc) is 2.61. The summed E-state index contributed by atoms with van der Waals surface area (Å²) in [5, 5.41) is 13.1. The van der Waals surface area contributed by atoms with Crippen LogP contribution in [0.4, 0.5) is 23.4 Å². The summed E-state index contributed by atoms with van der Waals surface area (Å²) in [5.41, 5.74) is 0.795. The van der Waals surface area contributed by atoms with Crippen molar-refractivity contribution in [3.8, 4) is 5.75 Å². The molecule has 9 heteroatoms. The summed E-state index contributed by atoms with van der Waals surface area (Å²) in [7, 11) is 1.24. The van der Waals surface area contributed by atoms with E-state index in [1.54, 1.807) is 6.92 Å². The van der Waals surface area contributed by atoms with Crippen LogP contribution in [0.2, 0.25) is 0 Å². The van der Waals surface area contributed by atoms with Gasteiger partial charge in [0.2, 0.25) is 5.67 Å². The van der Waals surface area contributed by atoms with Crippen molar-refractivity contribution in [2.75, 3.05) is 0 Å². The first-order chi connectivity index (χ1) is 9.02. The van der Waals surface area contributed by atoms with Crippen LogP contribution in [-0.2, 0) is 12.7 Å². The molecule has 0 aliphatic heterocycles. The molecule has 0 aromatic carbocycles. The number of rotatable bonds is 3. The van der Waals surface area contributed by atoms with Crippen LogP contribution in [0.5, 0.6) is 5.75 Å². The van der Waals surface area contributed by atoms with Crippen molar-refractivity contribution in [3.05, 3.63) is 17.5 Å². The topological polar surface area (TPSA) is 76.4 Å². The molecule has 0 saturated carbocycles. The molecule has 1 atom stereocenters. The number of allylic oxidation sites excluding steroid dienone is 1. The van der Waals surface area contributed by atoms with Crippen LogP contribution in [0.3, 0.4) is 0 Å². The lowest BCUT2D eigenvalue weighted by Gasteiger charge is -2.21. The minimum atomic E-state index is -5.20. The minimum Gasteiger partial charge on any atom is -0.503 e. The van der Waals surface area contributed by atoms with Crippen LogP contribution in [0.15, 0.2) is 16.8 Å². The predicted molar refractivity (Wildman–Crippen MR) is 65.5 cm³/mol. The zero-order chi connectivity index (χ0) is 15.7. The third-order valence-electron chi connectivity index (χ3n) is 2.62. The standard InChI is InChI=1S/C11H14F4N4O/c1-6(4-16)5-17-9-7(20)8(18-19(9)3)10(2,12)11(13,14)15/h4-5,20H,16H2,1-3H3. The Balaban J connectivity index is 3.33. The van der Waals surface area contributed by atoms with Crippen LogP contribution in [0.1, 0.15) is 19.5 Å². The van der Waals surface area contributed by atoms with Crippen molar-refractivity contribution in [1.29, 1.82) is 0 Å². The second-order valence-corrected chi connectivity index (χ2v) is 4.31. The van der Waals surface area contributed by atoms with Gasteiger partial charge >= 0.3 is 6.18 Å². The van der Waals surface area contributed by atoms with Gasteiger partial charge < -0.3 is 10.8 Å². The van der Waals surface area contributed by atoms with Crippen LogP contribution in [0, 0.1) is 0 Å². The molecule has 1 aromatic rings. The van der Waals surface area contributed by atoms with Gasteiger partial charge in [-0.1, -0.05) is 0 Å². The van der Waals surface area contributed by atoms with E-state index in [0.29, 0.717) is 5.57 Å². The molecule has 0 fully saturated rings. The smallest absolute Gasteiger partial charge is 0.428 e. The quantitative estimate of drug-likeness (QED) is 0.664. The van der Waals surface area contributed by atoms with Gasteiger partial charge in [-0.15, -0.1) is 0 Å². The Kier molecular flexibility index (Phi) is 4.11. The first-order valence-electron chi connectivity index (χ1n) is 5.47. The molecule has 3 N–H and O–H groups in total. The second-order valence-electron chi connectivity index (χ2n) is 4.31. The highest BCUT2D eigenvalue weighted by molar-refractivity contribution is 5.80. The van der Waals surface area contributed by atoms with Gasteiger partial charge in [0.15, 0.2) is 17.3 Å². The van der Waals surface area contributed by atoms with Crippen molar-refractivity contribution in [2.45, 2.75) is 25.7 Å². The molecule has 1 rings (SSSR count). The first kappa shape index (κ1) is 16.0. The van der Waals surface area contributed by atoms with Crippen LogP contribution in [0.25, 0.3) is 0 Å². The van der Waals surface area contributed by atoms with E-state index < -0.39 is 23.3 Å². The Morgan fingerprint density at radius 2 is 1.95 bits per heavy atom. The maximum Gasteiger partial charge on any atom is 0.428 e. The number of nitrogens with two attached hydrogens (primary N) is 1. The Morgan fingerprint density at radius 1 is 1.40 bits per heavy atom. The van der Waals surface area contributed by atoms with E-state index in [1.807, 2.05) is 0 Å². The number of aromatic nitrogens is 2. The van der Waals surface area contributed by atoms with Gasteiger partial charge in [0.05, 0.1) is 0 Å². The molecule has 0 radical (unpaired) electrons. The highest BCUT2D eigenvalue weighted by Gasteiger charge is 2.57. The Morgan fingerprint density at radius 3 is 2.40 bits per heavy atom. The van der Waals surface area contributed by atoms with Gasteiger partial charge in [0.1, 0.15) is 0 Å². The number of nitrogens with zero attached hydrogens (tertiary/aromatic N) is 3. The summed E-state index contributed by atoms with van der Waals surface area (Å²) < 4.78 is 52.5. The van der Waals surface area contributed by atoms with Crippen LogP contribution >= 0.6 is 0 Å². The molecule has 1 aromatic heterocycles. The van der Waals surface area contributed by atoms with Crippen LogP contribution < -0.4 is 5.73 Å². The largest absolute Gasteiger partial charge is 0.503 e. The number of aromatic hydroxyl groups is 1. The highest BCUT2D eigenvalue weighted by Crippen LogP contribution is 2.47. The van der Waals surface area contributed by atoms with Gasteiger partial charge in [0, 0.05) is 13.3 Å². The predicted octanol–water partition coefficient (Wildman–Crippen LogP) is 2.44. The molecular weight excluding hydrogens is 280 g/mol. The van der Waals surface area contributed by atoms with Gasteiger partial charge in [-0.05, 0) is 25.6 Å². The molecule has 0 aliphatic rings. The van der Waals surface area contributed by atoms with Crippen LogP contribution in [-0.4, -0.2) is 27.3 Å². The van der Waals surface area contributed by atoms with E-state index in [0.717, 1.165) is 4.68 Å². The fraction of sp³-hybridized carbons (Fsp3) is 0.455. The zero-order valence-corrected chi connectivity index (χ0v) is 11.0. The van der Waals surface area contributed by atoms with E-state index >= 15 is 0 Å². The highest BCUT2D eigenvalue weighted by atomic mass is 19.4. The fourth-order valence-corrected chi connectivity index (χ4v) is 1.31. The minimum absolute atomic E-state index is 0.285. The first-order valence-corrected chi connectivity index (χ1v) is 5.47. The lowest BCUT2D eigenvalue weighted by molar-refractivity contribution is -0.230. The number of aryl methyl sites for hydroxylation is 1. The molecule has 0 aliphatic carbocycles. The SMILES string of the molecule is CC(C=Nc1c(O)c(C(C)(F)C(F)(F)F)nn1C)=CN. The number of aliphatic imine (C=N–C) groups is 1. The number of halogens is 4. The molecule has 112 valence electrons. The molecule has 1 heterocycles. The monoisotopic (exact) mass is 294 g/mol. The number of hydrogen-bond acceptors (Lipinski definition) is 4. The van der Waals surface area contributed by atoms with Gasteiger partial charge in [0.25, 0.3) is 0 Å². The van der Waals surface area contributed by atoms with E-state index in [1.165, 1.54) is 19.5 Å². The fourth-order valence-electron chi connectivity index (χ4n) is 1.31. The van der Waals surface area contributed by atoms with E-state index in [-0.39, 0.29) is 12.7 Å². The number of hydrogen-bond donors (Lipinski definition) is 2. The van der Waals surface area contributed by atoms with Crippen molar-refractivity contribution in [2.24, 2.45) is 17.8 Å². The zero-order valence-electron chi connectivity index (χ0n) is 11.0. The second kappa shape index (κ2) is 5.14. The summed E-state index contributed by atoms with van der Waals surface area (Å²) in [4.78, 5) is 3.74. The summed E-state index contributed by atoms with van der Waals surface area (Å²) in [5.74, 6) is -1.26.